The van der Waals surface area contributed by atoms with E-state index < -0.39 is 5.82 Å². The number of anilines is 2. The second kappa shape index (κ2) is 9.40. The van der Waals surface area contributed by atoms with Crippen molar-refractivity contribution in [1.29, 1.82) is 0 Å². The van der Waals surface area contributed by atoms with Gasteiger partial charge < -0.3 is 19.3 Å². The van der Waals surface area contributed by atoms with Gasteiger partial charge in [-0.25, -0.2) is 9.37 Å². The summed E-state index contributed by atoms with van der Waals surface area (Å²) in [6.07, 6.45) is 5.08. The molecule has 3 aromatic rings. The van der Waals surface area contributed by atoms with Crippen molar-refractivity contribution in [1.82, 2.24) is 14.5 Å². The van der Waals surface area contributed by atoms with Crippen molar-refractivity contribution in [2.75, 3.05) is 36.4 Å². The second-order valence-electron chi connectivity index (χ2n) is 7.68. The van der Waals surface area contributed by atoms with Crippen molar-refractivity contribution in [3.05, 3.63) is 59.1 Å². The van der Waals surface area contributed by atoms with E-state index in [4.69, 9.17) is 16.3 Å². The smallest absolute Gasteiger partial charge is 0.257 e. The lowest BCUT2D eigenvalue weighted by atomic mass is 10.2. The minimum Gasteiger partial charge on any atom is -0.486 e. The fraction of sp³-hybridized carbons (Fsp3) is 0.273. The van der Waals surface area contributed by atoms with Gasteiger partial charge in [0.15, 0.2) is 5.82 Å². The highest BCUT2D eigenvalue weighted by Gasteiger charge is 2.25. The first-order chi connectivity index (χ1) is 15.3. The number of nitrogens with zero attached hydrogens (tertiary/aromatic N) is 3. The van der Waals surface area contributed by atoms with E-state index >= 15 is 0 Å². The number of carbonyl (C=O) groups is 1. The molecular formula is C22H23ClFN5O2S. The maximum absolute atomic E-state index is 14.8. The van der Waals surface area contributed by atoms with Crippen molar-refractivity contribution in [2.24, 2.45) is 7.05 Å². The topological polar surface area (TPSA) is 71.4 Å². The van der Waals surface area contributed by atoms with E-state index in [1.165, 1.54) is 24.2 Å². The molecule has 0 atom stereocenters. The summed E-state index contributed by atoms with van der Waals surface area (Å²) in [4.78, 5) is 19.1. The maximum atomic E-state index is 14.8. The van der Waals surface area contributed by atoms with Crippen LogP contribution in [0.4, 0.5) is 15.8 Å². The first-order valence-corrected chi connectivity index (χ1v) is 11.5. The average Bonchev–Trinajstić information content (AvgIpc) is 3.08. The SMILES string of the molecule is CSNc1cc(Cl)cc(NC(=O)c2cc(-c3ncc(OC4CN(C)C4)cc3F)n(C)c2)c1. The largest absolute Gasteiger partial charge is 0.486 e. The zero-order chi connectivity index (χ0) is 22.8. The molecule has 1 saturated heterocycles. The van der Waals surface area contributed by atoms with E-state index in [0.29, 0.717) is 27.7 Å². The van der Waals surface area contributed by atoms with Gasteiger partial charge in [0.25, 0.3) is 5.91 Å². The summed E-state index contributed by atoms with van der Waals surface area (Å²) in [5.74, 6) is -0.447. The summed E-state index contributed by atoms with van der Waals surface area (Å²) < 4.78 is 25.3. The molecule has 2 aromatic heterocycles. The second-order valence-corrected chi connectivity index (χ2v) is 8.73. The molecule has 4 rings (SSSR count). The summed E-state index contributed by atoms with van der Waals surface area (Å²) in [5, 5.41) is 3.32. The number of aryl methyl sites for hydroxylation is 1. The molecule has 0 unspecified atom stereocenters. The zero-order valence-electron chi connectivity index (χ0n) is 17.9. The van der Waals surface area contributed by atoms with Gasteiger partial charge in [-0.2, -0.15) is 0 Å². The van der Waals surface area contributed by atoms with Crippen LogP contribution in [0.5, 0.6) is 5.75 Å². The summed E-state index contributed by atoms with van der Waals surface area (Å²) in [5.41, 5.74) is 2.34. The molecule has 0 saturated carbocycles. The van der Waals surface area contributed by atoms with Gasteiger partial charge in [0, 0.05) is 55.1 Å². The summed E-state index contributed by atoms with van der Waals surface area (Å²) in [7, 11) is 3.74. The van der Waals surface area contributed by atoms with E-state index in [9.17, 15) is 9.18 Å². The van der Waals surface area contributed by atoms with Crippen LogP contribution < -0.4 is 14.8 Å². The molecule has 0 spiro atoms. The Morgan fingerprint density at radius 3 is 2.66 bits per heavy atom. The van der Waals surface area contributed by atoms with E-state index in [0.717, 1.165) is 18.8 Å². The first-order valence-electron chi connectivity index (χ1n) is 9.91. The third kappa shape index (κ3) is 5.01. The molecule has 0 bridgehead atoms. The molecule has 32 heavy (non-hydrogen) atoms. The van der Waals surface area contributed by atoms with Crippen LogP contribution in [0.2, 0.25) is 5.02 Å². The van der Waals surface area contributed by atoms with Gasteiger partial charge in [-0.3, -0.25) is 9.69 Å². The normalized spacial score (nSPS) is 14.2. The Bertz CT molecular complexity index is 1150. The lowest BCUT2D eigenvalue weighted by Gasteiger charge is -2.35. The van der Waals surface area contributed by atoms with E-state index in [-0.39, 0.29) is 17.7 Å². The lowest BCUT2D eigenvalue weighted by Crippen LogP contribution is -2.51. The van der Waals surface area contributed by atoms with Gasteiger partial charge >= 0.3 is 0 Å². The predicted octanol–water partition coefficient (Wildman–Crippen LogP) is 4.51. The van der Waals surface area contributed by atoms with Crippen LogP contribution in [0.1, 0.15) is 10.4 Å². The fourth-order valence-electron chi connectivity index (χ4n) is 3.55. The molecule has 168 valence electrons. The Kier molecular flexibility index (Phi) is 6.59. The van der Waals surface area contributed by atoms with Gasteiger partial charge in [0.1, 0.15) is 17.5 Å². The number of carbonyl (C=O) groups excluding carboxylic acids is 1. The molecule has 0 aliphatic carbocycles. The molecule has 1 aliphatic rings. The number of halogens is 2. The molecule has 1 aliphatic heterocycles. The molecule has 1 fully saturated rings. The summed E-state index contributed by atoms with van der Waals surface area (Å²) in [6.45, 7) is 1.61. The number of hydrogen-bond donors (Lipinski definition) is 2. The van der Waals surface area contributed by atoms with Crippen LogP contribution in [0.15, 0.2) is 42.7 Å². The number of nitrogens with one attached hydrogen (secondary N) is 2. The monoisotopic (exact) mass is 475 g/mol. The van der Waals surface area contributed by atoms with Crippen LogP contribution in [0.25, 0.3) is 11.4 Å². The number of hydrogen-bond acceptors (Lipinski definition) is 6. The van der Waals surface area contributed by atoms with E-state index in [1.54, 1.807) is 42.1 Å². The minimum atomic E-state index is -0.508. The first kappa shape index (κ1) is 22.4. The molecular weight excluding hydrogens is 453 g/mol. The Morgan fingerprint density at radius 1 is 1.22 bits per heavy atom. The molecule has 1 amide bonds. The fourth-order valence-corrected chi connectivity index (χ4v) is 4.14. The lowest BCUT2D eigenvalue weighted by molar-refractivity contribution is 0.0384. The Balaban J connectivity index is 1.51. The van der Waals surface area contributed by atoms with Gasteiger partial charge in [-0.1, -0.05) is 23.5 Å². The van der Waals surface area contributed by atoms with Crippen molar-refractivity contribution in [3.63, 3.8) is 0 Å². The van der Waals surface area contributed by atoms with Crippen molar-refractivity contribution in [3.8, 4) is 17.1 Å². The number of aromatic nitrogens is 2. The van der Waals surface area contributed by atoms with Crippen LogP contribution in [-0.2, 0) is 7.05 Å². The number of benzene rings is 1. The van der Waals surface area contributed by atoms with Crippen molar-refractivity contribution < 1.29 is 13.9 Å². The number of pyridine rings is 1. The molecule has 0 radical (unpaired) electrons. The highest BCUT2D eigenvalue weighted by molar-refractivity contribution is 7.99. The molecule has 7 nitrogen and oxygen atoms in total. The standard InChI is InChI=1S/C22H23ClFN5O2S/c1-28-11-18(12-28)31-17-8-19(24)21(25-9-17)20-4-13(10-29(20)2)22(30)26-15-5-14(23)6-16(7-15)27-32-3/h4-10,18,27H,11-12H2,1-3H3,(H,26,30). The maximum Gasteiger partial charge on any atom is 0.257 e. The Labute approximate surface area is 195 Å². The summed E-state index contributed by atoms with van der Waals surface area (Å²) in [6, 6.07) is 8.14. The van der Waals surface area contributed by atoms with Crippen LogP contribution in [0.3, 0.4) is 0 Å². The van der Waals surface area contributed by atoms with Gasteiger partial charge in [-0.15, -0.1) is 0 Å². The third-order valence-electron chi connectivity index (χ3n) is 5.03. The zero-order valence-corrected chi connectivity index (χ0v) is 19.4. The number of likely N-dealkylation sites (tertiary alicyclic amines) is 1. The van der Waals surface area contributed by atoms with E-state index in [2.05, 4.69) is 19.9 Å². The quantitative estimate of drug-likeness (QED) is 0.490. The Morgan fingerprint density at radius 2 is 1.97 bits per heavy atom. The van der Waals surface area contributed by atoms with E-state index in [1.807, 2.05) is 13.3 Å². The number of likely N-dealkylation sites (N-methyl/N-ethyl adjacent to an activating group) is 1. The molecule has 10 heteroatoms. The number of ether oxygens (including phenoxy) is 1. The highest BCUT2D eigenvalue weighted by atomic mass is 35.5. The summed E-state index contributed by atoms with van der Waals surface area (Å²) >= 11 is 7.56. The molecule has 1 aromatic carbocycles. The average molecular weight is 476 g/mol. The molecule has 2 N–H and O–H groups in total. The van der Waals surface area contributed by atoms with Crippen LogP contribution >= 0.6 is 23.5 Å². The van der Waals surface area contributed by atoms with Crippen LogP contribution in [0, 0.1) is 5.82 Å². The number of amides is 1. The number of rotatable bonds is 7. The van der Waals surface area contributed by atoms with Gasteiger partial charge in [-0.05, 0) is 31.3 Å². The minimum absolute atomic E-state index is 0.0514. The van der Waals surface area contributed by atoms with Gasteiger partial charge in [0.2, 0.25) is 0 Å². The van der Waals surface area contributed by atoms with Crippen molar-refractivity contribution >= 4 is 40.8 Å². The van der Waals surface area contributed by atoms with Crippen molar-refractivity contribution in [2.45, 2.75) is 6.10 Å². The Hall–Kier alpha value is -2.75. The molecule has 3 heterocycles. The highest BCUT2D eigenvalue weighted by Crippen LogP contribution is 2.28. The predicted molar refractivity (Wildman–Crippen MR) is 127 cm³/mol. The van der Waals surface area contributed by atoms with Crippen LogP contribution in [-0.4, -0.2) is 52.9 Å². The van der Waals surface area contributed by atoms with Gasteiger partial charge in [0.05, 0.1) is 17.5 Å². The third-order valence-corrected chi connectivity index (χ3v) is 5.69.